The van der Waals surface area contributed by atoms with E-state index in [9.17, 15) is 14.9 Å². The molecule has 7 nitrogen and oxygen atoms in total. The number of carbonyl (C=O) groups is 1. The van der Waals surface area contributed by atoms with Gasteiger partial charge in [0.2, 0.25) is 0 Å². The summed E-state index contributed by atoms with van der Waals surface area (Å²) in [6.45, 7) is 3.48. The quantitative estimate of drug-likeness (QED) is 0.648. The van der Waals surface area contributed by atoms with Gasteiger partial charge in [-0.05, 0) is 31.5 Å². The number of ether oxygens (including phenoxy) is 2. The molecule has 0 bridgehead atoms. The fraction of sp³-hybridized carbons (Fsp3) is 0.235. The number of hydrogen-bond donors (Lipinski definition) is 1. The van der Waals surface area contributed by atoms with E-state index in [0.29, 0.717) is 11.5 Å². The maximum atomic E-state index is 12.3. The van der Waals surface area contributed by atoms with Crippen LogP contribution in [0.1, 0.15) is 12.5 Å². The number of nitro groups is 1. The Balaban J connectivity index is 2.15. The van der Waals surface area contributed by atoms with E-state index in [0.717, 1.165) is 5.56 Å². The third-order valence-electron chi connectivity index (χ3n) is 3.42. The van der Waals surface area contributed by atoms with Gasteiger partial charge < -0.3 is 14.8 Å². The predicted octanol–water partition coefficient (Wildman–Crippen LogP) is 3.32. The average molecular weight is 330 g/mol. The van der Waals surface area contributed by atoms with Crippen LogP contribution in [0.15, 0.2) is 42.5 Å². The lowest BCUT2D eigenvalue weighted by molar-refractivity contribution is -0.384. The minimum atomic E-state index is -0.782. The van der Waals surface area contributed by atoms with Crippen molar-refractivity contribution in [2.75, 3.05) is 12.4 Å². The van der Waals surface area contributed by atoms with Gasteiger partial charge >= 0.3 is 0 Å². The minimum absolute atomic E-state index is 0.140. The summed E-state index contributed by atoms with van der Waals surface area (Å²) in [5, 5.41) is 13.5. The molecular formula is C17H18N2O5. The molecule has 0 spiro atoms. The van der Waals surface area contributed by atoms with E-state index >= 15 is 0 Å². The molecule has 0 saturated carbocycles. The smallest absolute Gasteiger partial charge is 0.271 e. The van der Waals surface area contributed by atoms with E-state index in [2.05, 4.69) is 5.32 Å². The Bertz CT molecular complexity index is 760. The third-order valence-corrected chi connectivity index (χ3v) is 3.42. The fourth-order valence-electron chi connectivity index (χ4n) is 2.07. The number of non-ortho nitro benzene ring substituents is 1. The van der Waals surface area contributed by atoms with E-state index in [1.165, 1.54) is 25.3 Å². The van der Waals surface area contributed by atoms with Crippen LogP contribution in [0.4, 0.5) is 11.4 Å². The number of hydrogen-bond acceptors (Lipinski definition) is 5. The zero-order valence-electron chi connectivity index (χ0n) is 13.6. The minimum Gasteiger partial charge on any atom is -0.495 e. The first-order valence-corrected chi connectivity index (χ1v) is 7.28. The Kier molecular flexibility index (Phi) is 5.36. The van der Waals surface area contributed by atoms with Crippen LogP contribution in [-0.2, 0) is 4.79 Å². The molecule has 0 aromatic heterocycles. The van der Waals surface area contributed by atoms with Gasteiger partial charge in [-0.25, -0.2) is 0 Å². The highest BCUT2D eigenvalue weighted by Gasteiger charge is 2.19. The molecule has 2 aromatic rings. The van der Waals surface area contributed by atoms with E-state index in [1.54, 1.807) is 13.0 Å². The van der Waals surface area contributed by atoms with Gasteiger partial charge in [0.25, 0.3) is 11.6 Å². The lowest BCUT2D eigenvalue weighted by Gasteiger charge is -2.17. The molecule has 0 saturated heterocycles. The van der Waals surface area contributed by atoms with Crippen molar-refractivity contribution in [3.8, 4) is 11.5 Å². The van der Waals surface area contributed by atoms with Crippen molar-refractivity contribution in [3.05, 3.63) is 58.1 Å². The summed E-state index contributed by atoms with van der Waals surface area (Å²) in [7, 11) is 1.42. The number of para-hydroxylation sites is 1. The van der Waals surface area contributed by atoms with Gasteiger partial charge in [-0.2, -0.15) is 0 Å². The van der Waals surface area contributed by atoms with Gasteiger partial charge in [0.1, 0.15) is 11.5 Å². The van der Waals surface area contributed by atoms with E-state index in [1.807, 2.05) is 25.1 Å². The third kappa shape index (κ3) is 4.01. The van der Waals surface area contributed by atoms with Crippen molar-refractivity contribution in [1.82, 2.24) is 0 Å². The Labute approximate surface area is 139 Å². The van der Waals surface area contributed by atoms with Gasteiger partial charge in [0.15, 0.2) is 6.10 Å². The summed E-state index contributed by atoms with van der Waals surface area (Å²) in [6, 6.07) is 11.3. The molecule has 0 fully saturated rings. The maximum Gasteiger partial charge on any atom is 0.271 e. The Morgan fingerprint density at radius 1 is 1.21 bits per heavy atom. The molecule has 126 valence electrons. The highest BCUT2D eigenvalue weighted by molar-refractivity contribution is 5.95. The summed E-state index contributed by atoms with van der Waals surface area (Å²) < 4.78 is 10.8. The molecule has 0 aliphatic carbocycles. The number of anilines is 1. The topological polar surface area (TPSA) is 90.7 Å². The predicted molar refractivity (Wildman–Crippen MR) is 89.5 cm³/mol. The second-order valence-corrected chi connectivity index (χ2v) is 5.16. The number of benzene rings is 2. The number of rotatable bonds is 6. The molecule has 2 aromatic carbocycles. The van der Waals surface area contributed by atoms with Crippen molar-refractivity contribution < 1.29 is 19.2 Å². The monoisotopic (exact) mass is 330 g/mol. The zero-order chi connectivity index (χ0) is 17.7. The van der Waals surface area contributed by atoms with E-state index in [-0.39, 0.29) is 11.4 Å². The van der Waals surface area contributed by atoms with Crippen molar-refractivity contribution in [1.29, 1.82) is 0 Å². The van der Waals surface area contributed by atoms with Gasteiger partial charge in [-0.1, -0.05) is 18.2 Å². The number of amides is 1. The van der Waals surface area contributed by atoms with Crippen molar-refractivity contribution >= 4 is 17.3 Å². The molecule has 1 amide bonds. The summed E-state index contributed by atoms with van der Waals surface area (Å²) in [4.78, 5) is 22.7. The zero-order valence-corrected chi connectivity index (χ0v) is 13.6. The molecule has 24 heavy (non-hydrogen) atoms. The molecule has 1 N–H and O–H groups in total. The standard InChI is InChI=1S/C17H18N2O5/c1-11-6-4-5-7-15(11)24-12(2)17(20)18-14-10-13(19(21)22)8-9-16(14)23-3/h4-10,12H,1-3H3,(H,18,20)/t12-/m0/s1. The van der Waals surface area contributed by atoms with Gasteiger partial charge in [0.05, 0.1) is 17.7 Å². The SMILES string of the molecule is COc1ccc([N+](=O)[O-])cc1NC(=O)[C@H](C)Oc1ccccc1C. The first-order valence-electron chi connectivity index (χ1n) is 7.28. The lowest BCUT2D eigenvalue weighted by Crippen LogP contribution is -2.30. The summed E-state index contributed by atoms with van der Waals surface area (Å²) >= 11 is 0. The van der Waals surface area contributed by atoms with Gasteiger partial charge in [-0.15, -0.1) is 0 Å². The van der Waals surface area contributed by atoms with Crippen LogP contribution in [0.5, 0.6) is 11.5 Å². The second kappa shape index (κ2) is 7.45. The summed E-state index contributed by atoms with van der Waals surface area (Å²) in [6.07, 6.45) is -0.782. The van der Waals surface area contributed by atoms with Gasteiger partial charge in [0, 0.05) is 12.1 Å². The Hall–Kier alpha value is -3.09. The Morgan fingerprint density at radius 2 is 1.92 bits per heavy atom. The molecule has 0 unspecified atom stereocenters. The van der Waals surface area contributed by atoms with Crippen LogP contribution in [0, 0.1) is 17.0 Å². The maximum absolute atomic E-state index is 12.3. The van der Waals surface area contributed by atoms with Crippen LogP contribution in [0.3, 0.4) is 0 Å². The largest absolute Gasteiger partial charge is 0.495 e. The molecule has 0 heterocycles. The molecule has 0 radical (unpaired) electrons. The number of nitro benzene ring substituents is 1. The van der Waals surface area contributed by atoms with Crippen molar-refractivity contribution in [2.45, 2.75) is 20.0 Å². The Morgan fingerprint density at radius 3 is 2.54 bits per heavy atom. The molecule has 2 rings (SSSR count). The first kappa shape index (κ1) is 17.3. The molecular weight excluding hydrogens is 312 g/mol. The molecule has 0 aliphatic heterocycles. The number of nitrogens with one attached hydrogen (secondary N) is 1. The fourth-order valence-corrected chi connectivity index (χ4v) is 2.07. The van der Waals surface area contributed by atoms with Crippen molar-refractivity contribution in [3.63, 3.8) is 0 Å². The summed E-state index contributed by atoms with van der Waals surface area (Å²) in [5.74, 6) is 0.500. The number of methoxy groups -OCH3 is 1. The average Bonchev–Trinajstić information content (AvgIpc) is 2.56. The normalized spacial score (nSPS) is 11.5. The highest BCUT2D eigenvalue weighted by Crippen LogP contribution is 2.29. The van der Waals surface area contributed by atoms with Crippen LogP contribution in [0.25, 0.3) is 0 Å². The number of nitrogens with zero attached hydrogens (tertiary/aromatic N) is 1. The van der Waals surface area contributed by atoms with Crippen LogP contribution >= 0.6 is 0 Å². The number of carbonyl (C=O) groups excluding carboxylic acids is 1. The molecule has 7 heteroatoms. The van der Waals surface area contributed by atoms with Crippen LogP contribution in [-0.4, -0.2) is 24.0 Å². The van der Waals surface area contributed by atoms with Crippen LogP contribution < -0.4 is 14.8 Å². The highest BCUT2D eigenvalue weighted by atomic mass is 16.6. The van der Waals surface area contributed by atoms with E-state index in [4.69, 9.17) is 9.47 Å². The first-order chi connectivity index (χ1) is 11.4. The molecule has 0 aliphatic rings. The second-order valence-electron chi connectivity index (χ2n) is 5.16. The van der Waals surface area contributed by atoms with Gasteiger partial charge in [-0.3, -0.25) is 14.9 Å². The van der Waals surface area contributed by atoms with Crippen molar-refractivity contribution in [2.24, 2.45) is 0 Å². The van der Waals surface area contributed by atoms with Crippen LogP contribution in [0.2, 0.25) is 0 Å². The summed E-state index contributed by atoms with van der Waals surface area (Å²) in [5.41, 5.74) is 0.987. The lowest BCUT2D eigenvalue weighted by atomic mass is 10.2. The van der Waals surface area contributed by atoms with E-state index < -0.39 is 16.9 Å². The molecule has 1 atom stereocenters. The number of aryl methyl sites for hydroxylation is 1.